The van der Waals surface area contributed by atoms with Crippen LogP contribution >= 0.6 is 11.6 Å². The van der Waals surface area contributed by atoms with Gasteiger partial charge in [0.1, 0.15) is 0 Å². The summed E-state index contributed by atoms with van der Waals surface area (Å²) in [6, 6.07) is 12.9. The van der Waals surface area contributed by atoms with Crippen molar-refractivity contribution in [3.63, 3.8) is 0 Å². The summed E-state index contributed by atoms with van der Waals surface area (Å²) in [6.45, 7) is 0.314. The minimum Gasteiger partial charge on any atom is -0.356 e. The number of ketones is 1. The van der Waals surface area contributed by atoms with Gasteiger partial charge in [-0.05, 0) is 54.3 Å². The van der Waals surface area contributed by atoms with E-state index < -0.39 is 0 Å². The molecule has 0 fully saturated rings. The van der Waals surface area contributed by atoms with E-state index in [1.54, 1.807) is 24.1 Å². The van der Waals surface area contributed by atoms with E-state index in [4.69, 9.17) is 11.6 Å². The number of rotatable bonds is 8. The Hall–Kier alpha value is -2.66. The number of halogens is 1. The number of fused-ring (bicyclic) bond motifs is 1. The average molecular weight is 399 g/mol. The lowest BCUT2D eigenvalue weighted by Crippen LogP contribution is -2.25. The lowest BCUT2D eigenvalue weighted by molar-refractivity contribution is -0.121. The Bertz CT molecular complexity index is 893. The van der Waals surface area contributed by atoms with Crippen molar-refractivity contribution in [3.8, 4) is 0 Å². The van der Waals surface area contributed by atoms with E-state index in [0.29, 0.717) is 30.0 Å². The number of hydrogen-bond acceptors (Lipinski definition) is 3. The number of likely N-dealkylation sites (N-methyl/N-ethyl adjacent to an activating group) is 1. The normalized spacial score (nSPS) is 12.8. The molecule has 2 aromatic rings. The number of carbonyl (C=O) groups is 3. The molecule has 2 amide bonds. The Balaban J connectivity index is 1.39. The van der Waals surface area contributed by atoms with Crippen molar-refractivity contribution in [1.29, 1.82) is 0 Å². The summed E-state index contributed by atoms with van der Waals surface area (Å²) >= 11 is 5.85. The molecule has 0 saturated heterocycles. The lowest BCUT2D eigenvalue weighted by atomic mass is 10.0. The second-order valence-electron chi connectivity index (χ2n) is 6.98. The van der Waals surface area contributed by atoms with E-state index in [1.165, 1.54) is 0 Å². The molecule has 1 aliphatic heterocycles. The molecule has 6 heteroatoms. The molecule has 1 aliphatic rings. The molecule has 0 unspecified atom stereocenters. The van der Waals surface area contributed by atoms with Gasteiger partial charge >= 0.3 is 0 Å². The van der Waals surface area contributed by atoms with Gasteiger partial charge in [0, 0.05) is 42.7 Å². The van der Waals surface area contributed by atoms with Crippen LogP contribution in [0.25, 0.3) is 0 Å². The van der Waals surface area contributed by atoms with Crippen molar-refractivity contribution in [2.24, 2.45) is 0 Å². The fraction of sp³-hybridized carbons (Fsp3) is 0.318. The predicted octanol–water partition coefficient (Wildman–Crippen LogP) is 3.57. The first-order chi connectivity index (χ1) is 13.4. The van der Waals surface area contributed by atoms with Crippen LogP contribution in [0, 0.1) is 0 Å². The van der Waals surface area contributed by atoms with Gasteiger partial charge in [0.15, 0.2) is 5.78 Å². The van der Waals surface area contributed by atoms with Crippen molar-refractivity contribution >= 4 is 34.9 Å². The topological polar surface area (TPSA) is 66.5 Å². The maximum absolute atomic E-state index is 12.4. The molecule has 28 heavy (non-hydrogen) atoms. The highest BCUT2D eigenvalue weighted by Crippen LogP contribution is 2.28. The Labute approximate surface area is 169 Å². The van der Waals surface area contributed by atoms with E-state index in [9.17, 15) is 14.4 Å². The largest absolute Gasteiger partial charge is 0.356 e. The summed E-state index contributed by atoms with van der Waals surface area (Å²) in [5.41, 5.74) is 3.46. The smallest absolute Gasteiger partial charge is 0.231 e. The summed E-state index contributed by atoms with van der Waals surface area (Å²) in [4.78, 5) is 37.6. The molecule has 1 N–H and O–H groups in total. The van der Waals surface area contributed by atoms with Gasteiger partial charge in [-0.15, -0.1) is 0 Å². The van der Waals surface area contributed by atoms with E-state index >= 15 is 0 Å². The molecule has 0 radical (unpaired) electrons. The third kappa shape index (κ3) is 4.98. The SMILES string of the molecule is CN1C(=O)Cc2cc(C(=O)CCNC(=O)CCCc3ccc(Cl)cc3)ccc21. The molecule has 0 bridgehead atoms. The van der Waals surface area contributed by atoms with Gasteiger partial charge in [0.25, 0.3) is 0 Å². The first kappa shape index (κ1) is 20.1. The van der Waals surface area contributed by atoms with Gasteiger partial charge < -0.3 is 10.2 Å². The van der Waals surface area contributed by atoms with E-state index in [2.05, 4.69) is 5.32 Å². The second-order valence-corrected chi connectivity index (χ2v) is 7.41. The summed E-state index contributed by atoms with van der Waals surface area (Å²) in [5, 5.41) is 3.50. The average Bonchev–Trinajstić information content (AvgIpc) is 2.96. The summed E-state index contributed by atoms with van der Waals surface area (Å²) in [6.07, 6.45) is 2.55. The minimum absolute atomic E-state index is 0.0328. The number of nitrogens with one attached hydrogen (secondary N) is 1. The molecular weight excluding hydrogens is 376 g/mol. The molecule has 0 spiro atoms. The zero-order valence-corrected chi connectivity index (χ0v) is 16.6. The first-order valence-electron chi connectivity index (χ1n) is 9.38. The number of nitrogens with zero attached hydrogens (tertiary/aromatic N) is 1. The fourth-order valence-electron chi connectivity index (χ4n) is 3.30. The number of benzene rings is 2. The molecule has 0 aliphatic carbocycles. The quantitative estimate of drug-likeness (QED) is 0.691. The van der Waals surface area contributed by atoms with E-state index in [0.717, 1.165) is 29.7 Å². The summed E-state index contributed by atoms with van der Waals surface area (Å²) in [5.74, 6) is -0.0559. The number of anilines is 1. The van der Waals surface area contributed by atoms with Gasteiger partial charge in [-0.3, -0.25) is 14.4 Å². The molecule has 0 saturated carbocycles. The zero-order valence-electron chi connectivity index (χ0n) is 15.8. The van der Waals surface area contributed by atoms with Crippen LogP contribution in [0.15, 0.2) is 42.5 Å². The van der Waals surface area contributed by atoms with Gasteiger partial charge in [0.2, 0.25) is 11.8 Å². The standard InChI is InChI=1S/C22H23ClN2O3/c1-25-19-10-7-16(13-17(19)14-22(25)28)20(26)11-12-24-21(27)4-2-3-15-5-8-18(23)9-6-15/h5-10,13H,2-4,11-12,14H2,1H3,(H,24,27). The highest BCUT2D eigenvalue weighted by atomic mass is 35.5. The van der Waals surface area contributed by atoms with Crippen LogP contribution in [0.1, 0.15) is 40.7 Å². The Morgan fingerprint density at radius 1 is 1.11 bits per heavy atom. The second kappa shape index (κ2) is 9.02. The van der Waals surface area contributed by atoms with Gasteiger partial charge in [-0.1, -0.05) is 23.7 Å². The van der Waals surface area contributed by atoms with Gasteiger partial charge in [-0.2, -0.15) is 0 Å². The maximum Gasteiger partial charge on any atom is 0.231 e. The molecule has 5 nitrogen and oxygen atoms in total. The molecule has 146 valence electrons. The van der Waals surface area contributed by atoms with Crippen LogP contribution < -0.4 is 10.2 Å². The maximum atomic E-state index is 12.4. The molecule has 0 aromatic heterocycles. The van der Waals surface area contributed by atoms with Crippen LogP contribution in [-0.4, -0.2) is 31.2 Å². The Morgan fingerprint density at radius 2 is 1.86 bits per heavy atom. The van der Waals surface area contributed by atoms with Crippen molar-refractivity contribution < 1.29 is 14.4 Å². The first-order valence-corrected chi connectivity index (χ1v) is 9.75. The van der Waals surface area contributed by atoms with Crippen LogP contribution in [0.2, 0.25) is 5.02 Å². The molecule has 1 heterocycles. The highest BCUT2D eigenvalue weighted by molar-refractivity contribution is 6.30. The van der Waals surface area contributed by atoms with E-state index in [-0.39, 0.29) is 24.0 Å². The van der Waals surface area contributed by atoms with Crippen LogP contribution in [-0.2, 0) is 22.4 Å². The third-order valence-electron chi connectivity index (χ3n) is 4.94. The van der Waals surface area contributed by atoms with Crippen molar-refractivity contribution in [1.82, 2.24) is 5.32 Å². The molecule has 3 rings (SSSR count). The zero-order chi connectivity index (χ0) is 20.1. The van der Waals surface area contributed by atoms with Crippen molar-refractivity contribution in [2.45, 2.75) is 32.1 Å². The van der Waals surface area contributed by atoms with Crippen LogP contribution in [0.5, 0.6) is 0 Å². The van der Waals surface area contributed by atoms with Crippen molar-refractivity contribution in [2.75, 3.05) is 18.5 Å². The monoisotopic (exact) mass is 398 g/mol. The number of carbonyl (C=O) groups excluding carboxylic acids is 3. The third-order valence-corrected chi connectivity index (χ3v) is 5.19. The minimum atomic E-state index is -0.0528. The number of hydrogen-bond donors (Lipinski definition) is 1. The molecular formula is C22H23ClN2O3. The van der Waals surface area contributed by atoms with Crippen LogP contribution in [0.3, 0.4) is 0 Å². The lowest BCUT2D eigenvalue weighted by Gasteiger charge is -2.10. The van der Waals surface area contributed by atoms with Crippen LogP contribution in [0.4, 0.5) is 5.69 Å². The van der Waals surface area contributed by atoms with Gasteiger partial charge in [0.05, 0.1) is 6.42 Å². The Morgan fingerprint density at radius 3 is 2.61 bits per heavy atom. The predicted molar refractivity (Wildman–Crippen MR) is 110 cm³/mol. The number of amides is 2. The van der Waals surface area contributed by atoms with Gasteiger partial charge in [-0.25, -0.2) is 0 Å². The van der Waals surface area contributed by atoms with E-state index in [1.807, 2.05) is 30.3 Å². The molecule has 2 aromatic carbocycles. The number of aryl methyl sites for hydroxylation is 1. The number of Topliss-reactive ketones (excluding diaryl/α,β-unsaturated/α-hetero) is 1. The summed E-state index contributed by atoms with van der Waals surface area (Å²) in [7, 11) is 1.73. The molecule has 0 atom stereocenters. The highest BCUT2D eigenvalue weighted by Gasteiger charge is 2.24. The summed E-state index contributed by atoms with van der Waals surface area (Å²) < 4.78 is 0. The van der Waals surface area contributed by atoms with Crippen molar-refractivity contribution in [3.05, 3.63) is 64.2 Å². The Kier molecular flexibility index (Phi) is 6.47. The fourth-order valence-corrected chi connectivity index (χ4v) is 3.42.